The molecule has 1 heterocycles. The van der Waals surface area contributed by atoms with Crippen molar-refractivity contribution in [2.24, 2.45) is 11.7 Å². The molecular formula is C21H29N3O7. The number of phenols is 1. The topological polar surface area (TPSA) is 160 Å². The second kappa shape index (κ2) is 10.8. The monoisotopic (exact) mass is 435 g/mol. The predicted octanol–water partition coefficient (Wildman–Crippen LogP) is -0.234. The molecule has 0 aliphatic carbocycles. The highest BCUT2D eigenvalue weighted by molar-refractivity contribution is 5.96. The summed E-state index contributed by atoms with van der Waals surface area (Å²) in [5.74, 6) is -2.40. The van der Waals surface area contributed by atoms with E-state index in [9.17, 15) is 24.3 Å². The molecule has 4 atom stereocenters. The minimum atomic E-state index is -1.01. The Morgan fingerprint density at radius 3 is 2.29 bits per heavy atom. The van der Waals surface area contributed by atoms with Gasteiger partial charge in [0.05, 0.1) is 6.61 Å². The molecule has 0 unspecified atom stereocenters. The number of aromatic hydroxyl groups is 1. The number of rotatable bonds is 11. The van der Waals surface area contributed by atoms with Crippen LogP contribution in [0.25, 0.3) is 0 Å². The Balaban J connectivity index is 2.02. The Morgan fingerprint density at radius 1 is 1.10 bits per heavy atom. The third kappa shape index (κ3) is 7.25. The minimum absolute atomic E-state index is 0.0566. The first-order valence-electron chi connectivity index (χ1n) is 10.1. The molecule has 5 N–H and O–H groups in total. The lowest BCUT2D eigenvalue weighted by Crippen LogP contribution is -2.54. The second-order valence-corrected chi connectivity index (χ2v) is 7.75. The molecule has 1 aliphatic rings. The number of nitrogens with two attached hydrogens (primary N) is 1. The van der Waals surface area contributed by atoms with Crippen molar-refractivity contribution in [3.8, 4) is 5.75 Å². The van der Waals surface area contributed by atoms with Gasteiger partial charge >= 0.3 is 5.97 Å². The standard InChI is InChI=1S/C21H29N3O7/c1-4-30-21(29)17-16(31-17)20(28)24-15(9-11(2)3)19(27)23-14(18(22)26)10-12-5-7-13(25)8-6-12/h5-8,11,14-17,25H,4,9-10H2,1-3H3,(H2,22,26)(H,23,27)(H,24,28)/t14-,15-,16-,17-/m0/s1. The smallest absolute Gasteiger partial charge is 0.338 e. The number of ether oxygens (including phenoxy) is 2. The number of hydrogen-bond acceptors (Lipinski definition) is 7. The van der Waals surface area contributed by atoms with E-state index in [4.69, 9.17) is 15.2 Å². The van der Waals surface area contributed by atoms with E-state index in [1.807, 2.05) is 13.8 Å². The van der Waals surface area contributed by atoms with Gasteiger partial charge in [-0.1, -0.05) is 26.0 Å². The zero-order chi connectivity index (χ0) is 23.1. The van der Waals surface area contributed by atoms with Gasteiger partial charge in [-0.15, -0.1) is 0 Å². The molecule has 0 saturated carbocycles. The van der Waals surface area contributed by atoms with E-state index in [-0.39, 0.29) is 24.7 Å². The summed E-state index contributed by atoms with van der Waals surface area (Å²) >= 11 is 0. The molecule has 10 nitrogen and oxygen atoms in total. The molecule has 2 rings (SSSR count). The Bertz CT molecular complexity index is 810. The minimum Gasteiger partial charge on any atom is -0.508 e. The molecule has 170 valence electrons. The highest BCUT2D eigenvalue weighted by Crippen LogP contribution is 2.24. The van der Waals surface area contributed by atoms with Gasteiger partial charge in [0.15, 0.2) is 12.2 Å². The number of esters is 1. The Labute approximate surface area is 180 Å². The molecule has 31 heavy (non-hydrogen) atoms. The van der Waals surface area contributed by atoms with Gasteiger partial charge < -0.3 is 30.9 Å². The molecule has 0 radical (unpaired) electrons. The zero-order valence-electron chi connectivity index (χ0n) is 17.8. The number of hydrogen-bond donors (Lipinski definition) is 4. The van der Waals surface area contributed by atoms with Gasteiger partial charge in [0.1, 0.15) is 17.8 Å². The van der Waals surface area contributed by atoms with Crippen molar-refractivity contribution in [1.82, 2.24) is 10.6 Å². The van der Waals surface area contributed by atoms with Gasteiger partial charge in [-0.05, 0) is 37.0 Å². The molecule has 1 aromatic rings. The lowest BCUT2D eigenvalue weighted by atomic mass is 10.0. The molecule has 1 fully saturated rings. The van der Waals surface area contributed by atoms with E-state index in [0.717, 1.165) is 0 Å². The number of amides is 3. The average Bonchev–Trinajstić information content (AvgIpc) is 3.49. The van der Waals surface area contributed by atoms with Gasteiger partial charge in [-0.2, -0.15) is 0 Å². The zero-order valence-corrected chi connectivity index (χ0v) is 17.8. The van der Waals surface area contributed by atoms with Crippen molar-refractivity contribution >= 4 is 23.7 Å². The number of carbonyl (C=O) groups is 4. The van der Waals surface area contributed by atoms with E-state index >= 15 is 0 Å². The molecule has 10 heteroatoms. The molecule has 0 spiro atoms. The molecule has 1 aromatic carbocycles. The van der Waals surface area contributed by atoms with Gasteiger partial charge in [-0.25, -0.2) is 4.79 Å². The molecule has 0 bridgehead atoms. The first-order chi connectivity index (χ1) is 14.6. The first kappa shape index (κ1) is 24.1. The number of nitrogens with one attached hydrogen (secondary N) is 2. The fraction of sp³-hybridized carbons (Fsp3) is 0.524. The van der Waals surface area contributed by atoms with Crippen molar-refractivity contribution in [1.29, 1.82) is 0 Å². The van der Waals surface area contributed by atoms with Crippen LogP contribution in [0.2, 0.25) is 0 Å². The van der Waals surface area contributed by atoms with Crippen LogP contribution in [0.3, 0.4) is 0 Å². The Hall–Kier alpha value is -3.14. The van der Waals surface area contributed by atoms with Crippen molar-refractivity contribution in [2.75, 3.05) is 6.61 Å². The molecular weight excluding hydrogens is 406 g/mol. The average molecular weight is 435 g/mol. The largest absolute Gasteiger partial charge is 0.508 e. The summed E-state index contributed by atoms with van der Waals surface area (Å²) in [6, 6.07) is 4.21. The number of phenolic OH excluding ortho intramolecular Hbond substituents is 1. The highest BCUT2D eigenvalue weighted by atomic mass is 16.6. The van der Waals surface area contributed by atoms with Gasteiger partial charge in [0, 0.05) is 6.42 Å². The van der Waals surface area contributed by atoms with Crippen LogP contribution in [0.5, 0.6) is 5.75 Å². The molecule has 1 saturated heterocycles. The summed E-state index contributed by atoms with van der Waals surface area (Å²) in [6.45, 7) is 5.57. The van der Waals surface area contributed by atoms with E-state index < -0.39 is 48.0 Å². The summed E-state index contributed by atoms with van der Waals surface area (Å²) < 4.78 is 9.89. The number of benzene rings is 1. The normalized spacial score (nSPS) is 19.2. The Morgan fingerprint density at radius 2 is 1.74 bits per heavy atom. The van der Waals surface area contributed by atoms with E-state index in [1.54, 1.807) is 19.1 Å². The SMILES string of the molecule is CCOC(=O)[C@H]1O[C@@H]1C(=O)N[C@@H](CC(C)C)C(=O)N[C@@H](Cc1ccc(O)cc1)C(N)=O. The summed E-state index contributed by atoms with van der Waals surface area (Å²) in [7, 11) is 0. The van der Waals surface area contributed by atoms with E-state index in [2.05, 4.69) is 10.6 Å². The van der Waals surface area contributed by atoms with Crippen LogP contribution in [0.1, 0.15) is 32.8 Å². The third-order valence-corrected chi connectivity index (χ3v) is 4.65. The summed E-state index contributed by atoms with van der Waals surface area (Å²) in [4.78, 5) is 48.8. The molecule has 0 aromatic heterocycles. The second-order valence-electron chi connectivity index (χ2n) is 7.75. The van der Waals surface area contributed by atoms with E-state index in [0.29, 0.717) is 12.0 Å². The van der Waals surface area contributed by atoms with Crippen LogP contribution in [-0.2, 0) is 35.1 Å². The number of epoxide rings is 1. The maximum Gasteiger partial charge on any atom is 0.338 e. The van der Waals surface area contributed by atoms with Crippen molar-refractivity contribution < 1.29 is 33.8 Å². The predicted molar refractivity (Wildman–Crippen MR) is 110 cm³/mol. The van der Waals surface area contributed by atoms with Crippen LogP contribution in [-0.4, -0.2) is 59.7 Å². The fourth-order valence-electron chi connectivity index (χ4n) is 3.03. The molecule has 1 aliphatic heterocycles. The van der Waals surface area contributed by atoms with Gasteiger partial charge in [0.2, 0.25) is 11.8 Å². The summed E-state index contributed by atoms with van der Waals surface area (Å²) in [5, 5.41) is 14.5. The quantitative estimate of drug-likeness (QED) is 0.276. The summed E-state index contributed by atoms with van der Waals surface area (Å²) in [5.41, 5.74) is 6.13. The fourth-order valence-corrected chi connectivity index (χ4v) is 3.03. The number of carbonyl (C=O) groups excluding carboxylic acids is 4. The highest BCUT2D eigenvalue weighted by Gasteiger charge is 2.52. The van der Waals surface area contributed by atoms with Crippen LogP contribution < -0.4 is 16.4 Å². The first-order valence-corrected chi connectivity index (χ1v) is 10.1. The molecule has 3 amide bonds. The lowest BCUT2D eigenvalue weighted by molar-refractivity contribution is -0.144. The van der Waals surface area contributed by atoms with Crippen molar-refractivity contribution in [3.05, 3.63) is 29.8 Å². The maximum atomic E-state index is 12.8. The van der Waals surface area contributed by atoms with Crippen LogP contribution >= 0.6 is 0 Å². The van der Waals surface area contributed by atoms with Crippen molar-refractivity contribution in [3.63, 3.8) is 0 Å². The maximum absolute atomic E-state index is 12.8. The van der Waals surface area contributed by atoms with Crippen LogP contribution in [0.4, 0.5) is 0 Å². The van der Waals surface area contributed by atoms with Crippen molar-refractivity contribution in [2.45, 2.75) is 57.9 Å². The lowest BCUT2D eigenvalue weighted by Gasteiger charge is -2.23. The summed E-state index contributed by atoms with van der Waals surface area (Å²) in [6.07, 6.45) is -1.56. The Kier molecular flexibility index (Phi) is 8.38. The number of primary amides is 1. The van der Waals surface area contributed by atoms with Crippen LogP contribution in [0, 0.1) is 5.92 Å². The third-order valence-electron chi connectivity index (χ3n) is 4.65. The van der Waals surface area contributed by atoms with Crippen LogP contribution in [0.15, 0.2) is 24.3 Å². The van der Waals surface area contributed by atoms with Gasteiger partial charge in [0.25, 0.3) is 5.91 Å². The van der Waals surface area contributed by atoms with Gasteiger partial charge in [-0.3, -0.25) is 14.4 Å². The van der Waals surface area contributed by atoms with E-state index in [1.165, 1.54) is 12.1 Å².